The van der Waals surface area contributed by atoms with Gasteiger partial charge < -0.3 is 19.5 Å². The van der Waals surface area contributed by atoms with Gasteiger partial charge in [0, 0.05) is 17.7 Å². The Morgan fingerprint density at radius 2 is 1.67 bits per heavy atom. The van der Waals surface area contributed by atoms with E-state index in [0.717, 1.165) is 24.8 Å². The van der Waals surface area contributed by atoms with Crippen molar-refractivity contribution in [2.45, 2.75) is 26.8 Å². The lowest BCUT2D eigenvalue weighted by Crippen LogP contribution is -2.27. The van der Waals surface area contributed by atoms with Crippen LogP contribution < -0.4 is 14.8 Å². The molecule has 1 N–H and O–H groups in total. The van der Waals surface area contributed by atoms with Gasteiger partial charge in [-0.1, -0.05) is 6.07 Å². The van der Waals surface area contributed by atoms with Gasteiger partial charge in [-0.2, -0.15) is 0 Å². The number of benzene rings is 2. The van der Waals surface area contributed by atoms with Crippen LogP contribution in [0.15, 0.2) is 36.4 Å². The van der Waals surface area contributed by atoms with E-state index in [0.29, 0.717) is 24.7 Å². The maximum Gasteiger partial charge on any atom is 0.338 e. The summed E-state index contributed by atoms with van der Waals surface area (Å²) in [5.74, 6) is -0.179. The van der Waals surface area contributed by atoms with E-state index in [1.54, 1.807) is 25.1 Å². The average molecular weight is 416 g/mol. The first-order valence-corrected chi connectivity index (χ1v) is 9.38. The standard InChI is InChI=1S/C21H24N2O7/c1-5-29-18-8-7-14(12-19(18)30-6-2)13(3)22-20(24)15-9-16(21(25)28-4)11-17(10-15)23(26)27/h7-13H,5-6H2,1-4H3,(H,22,24). The third-order valence-electron chi connectivity index (χ3n) is 4.23. The second-order valence-corrected chi connectivity index (χ2v) is 6.28. The number of hydrogen-bond donors (Lipinski definition) is 1. The summed E-state index contributed by atoms with van der Waals surface area (Å²) in [5, 5.41) is 13.9. The number of methoxy groups -OCH3 is 1. The minimum atomic E-state index is -0.770. The molecule has 0 aromatic heterocycles. The van der Waals surface area contributed by atoms with Crippen molar-refractivity contribution < 1.29 is 28.7 Å². The van der Waals surface area contributed by atoms with Gasteiger partial charge in [0.1, 0.15) is 0 Å². The lowest BCUT2D eigenvalue weighted by Gasteiger charge is -2.17. The maximum absolute atomic E-state index is 12.7. The van der Waals surface area contributed by atoms with Gasteiger partial charge in [-0.3, -0.25) is 14.9 Å². The zero-order valence-corrected chi connectivity index (χ0v) is 17.3. The Morgan fingerprint density at radius 3 is 2.27 bits per heavy atom. The molecule has 0 heterocycles. The van der Waals surface area contributed by atoms with Crippen LogP contribution in [0, 0.1) is 10.1 Å². The first-order chi connectivity index (χ1) is 14.3. The fourth-order valence-electron chi connectivity index (χ4n) is 2.78. The van der Waals surface area contributed by atoms with E-state index < -0.39 is 22.8 Å². The van der Waals surface area contributed by atoms with Gasteiger partial charge in [-0.15, -0.1) is 0 Å². The molecule has 0 saturated heterocycles. The zero-order chi connectivity index (χ0) is 22.3. The minimum absolute atomic E-state index is 0.0209. The van der Waals surface area contributed by atoms with Crippen LogP contribution in [0.25, 0.3) is 0 Å². The third-order valence-corrected chi connectivity index (χ3v) is 4.23. The summed E-state index contributed by atoms with van der Waals surface area (Å²) in [5.41, 5.74) is 0.279. The number of nitrogens with one attached hydrogen (secondary N) is 1. The number of nitrogens with zero attached hydrogens (tertiary/aromatic N) is 1. The number of carbonyl (C=O) groups excluding carboxylic acids is 2. The molecule has 0 saturated carbocycles. The van der Waals surface area contributed by atoms with Crippen molar-refractivity contribution in [2.24, 2.45) is 0 Å². The Kier molecular flexibility index (Phi) is 7.74. The van der Waals surface area contributed by atoms with E-state index in [1.807, 2.05) is 13.8 Å². The van der Waals surface area contributed by atoms with Crippen LogP contribution in [0.5, 0.6) is 11.5 Å². The number of nitro benzene ring substituents is 1. The van der Waals surface area contributed by atoms with Gasteiger partial charge in [0.15, 0.2) is 11.5 Å². The van der Waals surface area contributed by atoms with Crippen molar-refractivity contribution in [3.8, 4) is 11.5 Å². The molecule has 1 atom stereocenters. The number of rotatable bonds is 9. The van der Waals surface area contributed by atoms with Gasteiger partial charge in [-0.05, 0) is 44.5 Å². The fourth-order valence-corrected chi connectivity index (χ4v) is 2.78. The normalized spacial score (nSPS) is 11.3. The Hall–Kier alpha value is -3.62. The highest BCUT2D eigenvalue weighted by molar-refractivity contribution is 5.99. The molecule has 0 aliphatic heterocycles. The van der Waals surface area contributed by atoms with Gasteiger partial charge in [0.25, 0.3) is 11.6 Å². The van der Waals surface area contributed by atoms with E-state index in [9.17, 15) is 19.7 Å². The highest BCUT2D eigenvalue weighted by Gasteiger charge is 2.20. The summed E-state index contributed by atoms with van der Waals surface area (Å²) in [6.07, 6.45) is 0. The number of hydrogen-bond acceptors (Lipinski definition) is 7. The molecule has 2 rings (SSSR count). The van der Waals surface area contributed by atoms with Crippen LogP contribution in [0.2, 0.25) is 0 Å². The molecule has 2 aromatic rings. The third kappa shape index (κ3) is 5.47. The largest absolute Gasteiger partial charge is 0.490 e. The maximum atomic E-state index is 12.7. The Balaban J connectivity index is 2.29. The predicted octanol–water partition coefficient (Wildman–Crippen LogP) is 3.67. The van der Waals surface area contributed by atoms with E-state index in [2.05, 4.69) is 10.1 Å². The molecule has 0 fully saturated rings. The molecule has 9 nitrogen and oxygen atoms in total. The fraction of sp³-hybridized carbons (Fsp3) is 0.333. The Morgan fingerprint density at radius 1 is 1.03 bits per heavy atom. The zero-order valence-electron chi connectivity index (χ0n) is 17.3. The molecule has 30 heavy (non-hydrogen) atoms. The molecule has 9 heteroatoms. The highest BCUT2D eigenvalue weighted by Crippen LogP contribution is 2.31. The van der Waals surface area contributed by atoms with E-state index in [4.69, 9.17) is 9.47 Å². The SMILES string of the molecule is CCOc1ccc(C(C)NC(=O)c2cc(C(=O)OC)cc([N+](=O)[O-])c2)cc1OCC. The first-order valence-electron chi connectivity index (χ1n) is 9.38. The highest BCUT2D eigenvalue weighted by atomic mass is 16.6. The van der Waals surface area contributed by atoms with Crippen molar-refractivity contribution in [1.29, 1.82) is 0 Å². The number of ether oxygens (including phenoxy) is 3. The monoisotopic (exact) mass is 416 g/mol. The molecule has 0 spiro atoms. The summed E-state index contributed by atoms with van der Waals surface area (Å²) in [6, 6.07) is 8.32. The van der Waals surface area contributed by atoms with Crippen molar-refractivity contribution in [1.82, 2.24) is 5.32 Å². The number of nitro groups is 1. The van der Waals surface area contributed by atoms with E-state index in [1.165, 1.54) is 6.07 Å². The van der Waals surface area contributed by atoms with E-state index >= 15 is 0 Å². The second kappa shape index (κ2) is 10.2. The van der Waals surface area contributed by atoms with Crippen LogP contribution in [0.3, 0.4) is 0 Å². The van der Waals surface area contributed by atoms with Crippen molar-refractivity contribution in [3.63, 3.8) is 0 Å². The molecule has 0 aliphatic carbocycles. The smallest absolute Gasteiger partial charge is 0.338 e. The summed E-state index contributed by atoms with van der Waals surface area (Å²) >= 11 is 0. The lowest BCUT2D eigenvalue weighted by molar-refractivity contribution is -0.384. The van der Waals surface area contributed by atoms with Crippen LogP contribution in [-0.2, 0) is 4.74 Å². The summed E-state index contributed by atoms with van der Waals surface area (Å²) in [7, 11) is 1.16. The predicted molar refractivity (Wildman–Crippen MR) is 109 cm³/mol. The lowest BCUT2D eigenvalue weighted by atomic mass is 10.1. The number of esters is 1. The minimum Gasteiger partial charge on any atom is -0.490 e. The quantitative estimate of drug-likeness (QED) is 0.376. The Bertz CT molecular complexity index is 943. The molecule has 1 amide bonds. The molecule has 1 unspecified atom stereocenters. The molecule has 2 aromatic carbocycles. The van der Waals surface area contributed by atoms with Crippen LogP contribution in [0.4, 0.5) is 5.69 Å². The van der Waals surface area contributed by atoms with Crippen LogP contribution in [0.1, 0.15) is 53.1 Å². The molecule has 0 aliphatic rings. The number of carbonyl (C=O) groups is 2. The van der Waals surface area contributed by atoms with Gasteiger partial charge in [0.2, 0.25) is 0 Å². The van der Waals surface area contributed by atoms with E-state index in [-0.39, 0.29) is 16.8 Å². The topological polar surface area (TPSA) is 117 Å². The van der Waals surface area contributed by atoms with Gasteiger partial charge in [0.05, 0.1) is 36.9 Å². The number of non-ortho nitro benzene ring substituents is 1. The Labute approximate surface area is 174 Å². The first kappa shape index (κ1) is 22.7. The van der Waals surface area contributed by atoms with Crippen LogP contribution >= 0.6 is 0 Å². The average Bonchev–Trinajstić information content (AvgIpc) is 2.74. The van der Waals surface area contributed by atoms with Gasteiger partial charge >= 0.3 is 5.97 Å². The summed E-state index contributed by atoms with van der Waals surface area (Å²) in [4.78, 5) is 35.0. The molecule has 160 valence electrons. The molecular formula is C21H24N2O7. The van der Waals surface area contributed by atoms with Crippen molar-refractivity contribution in [3.05, 3.63) is 63.2 Å². The molecule has 0 bridgehead atoms. The van der Waals surface area contributed by atoms with Crippen LogP contribution in [-0.4, -0.2) is 37.1 Å². The van der Waals surface area contributed by atoms with Gasteiger partial charge in [-0.25, -0.2) is 4.79 Å². The van der Waals surface area contributed by atoms with Crippen molar-refractivity contribution >= 4 is 17.6 Å². The summed E-state index contributed by atoms with van der Waals surface area (Å²) in [6.45, 7) is 6.43. The molecular weight excluding hydrogens is 392 g/mol. The molecule has 0 radical (unpaired) electrons. The second-order valence-electron chi connectivity index (χ2n) is 6.28. The number of amides is 1. The van der Waals surface area contributed by atoms with Crippen molar-refractivity contribution in [2.75, 3.05) is 20.3 Å². The summed E-state index contributed by atoms with van der Waals surface area (Å²) < 4.78 is 15.7.